The number of aryl methyl sites for hydroxylation is 1. The van der Waals surface area contributed by atoms with E-state index in [0.29, 0.717) is 18.3 Å². The first-order chi connectivity index (χ1) is 19.2. The molecule has 2 heterocycles. The Labute approximate surface area is 232 Å². The van der Waals surface area contributed by atoms with Crippen molar-refractivity contribution in [1.29, 1.82) is 0 Å². The average molecular weight is 538 g/mol. The predicted molar refractivity (Wildman–Crippen MR) is 152 cm³/mol. The van der Waals surface area contributed by atoms with Gasteiger partial charge in [0.05, 0.1) is 12.3 Å². The molecule has 7 nitrogen and oxygen atoms in total. The molecule has 2 aromatic carbocycles. The van der Waals surface area contributed by atoms with E-state index in [4.69, 9.17) is 28.4 Å². The van der Waals surface area contributed by atoms with Crippen LogP contribution in [0.25, 0.3) is 22.2 Å². The average Bonchev–Trinajstić information content (AvgIpc) is 3.29. The third-order valence-corrected chi connectivity index (χ3v) is 7.91. The van der Waals surface area contributed by atoms with Crippen molar-refractivity contribution in [3.05, 3.63) is 47.5 Å². The Morgan fingerprint density at radius 2 is 1.67 bits per heavy atom. The molecule has 1 aliphatic heterocycles. The van der Waals surface area contributed by atoms with Crippen LogP contribution in [0.4, 0.5) is 0 Å². The zero-order valence-electron chi connectivity index (χ0n) is 23.7. The number of methoxy groups -OCH3 is 2. The maximum Gasteiger partial charge on any atom is 0.188 e. The molecule has 2 aliphatic rings. The maximum atomic E-state index is 6.24. The van der Waals surface area contributed by atoms with E-state index in [1.165, 1.54) is 59.8 Å². The summed E-state index contributed by atoms with van der Waals surface area (Å²) in [6, 6.07) is 12.9. The summed E-state index contributed by atoms with van der Waals surface area (Å²) in [6.45, 7) is 4.59. The number of nitrogens with zero attached hydrogens (tertiary/aromatic N) is 1. The van der Waals surface area contributed by atoms with Crippen molar-refractivity contribution in [2.75, 3.05) is 41.0 Å². The SMILES string of the molecule is COCOc1ccc(-c2c(C3CCCCC3)c3ccc(C)cc3n2CCOC2CCCCO2)c(OCOC)c1. The van der Waals surface area contributed by atoms with E-state index >= 15 is 0 Å². The molecule has 7 heteroatoms. The molecule has 0 N–H and O–H groups in total. The summed E-state index contributed by atoms with van der Waals surface area (Å²) in [5, 5.41) is 1.33. The summed E-state index contributed by atoms with van der Waals surface area (Å²) in [7, 11) is 3.26. The van der Waals surface area contributed by atoms with Gasteiger partial charge in [-0.05, 0) is 74.3 Å². The number of aromatic nitrogens is 1. The standard InChI is InChI=1S/C32H43NO6/c1-23-12-14-26-28(19-23)33(16-18-37-30-11-7-8-17-36-30)32(31(26)24-9-5-4-6-10-24)27-15-13-25(38-21-34-2)20-29(27)39-22-35-3/h12-15,19-20,24,30H,4-11,16-18,21-22H2,1-3H3. The van der Waals surface area contributed by atoms with E-state index in [9.17, 15) is 0 Å². The van der Waals surface area contributed by atoms with E-state index in [-0.39, 0.29) is 19.9 Å². The molecular formula is C32H43NO6. The Bertz CT molecular complexity index is 1210. The first kappa shape index (κ1) is 28.0. The summed E-state index contributed by atoms with van der Waals surface area (Å²) in [5.41, 5.74) is 6.17. The van der Waals surface area contributed by atoms with Crippen LogP contribution in [-0.2, 0) is 25.5 Å². The Kier molecular flexibility index (Phi) is 9.80. The Balaban J connectivity index is 1.62. The van der Waals surface area contributed by atoms with Crippen LogP contribution in [0.3, 0.4) is 0 Å². The smallest absolute Gasteiger partial charge is 0.188 e. The Morgan fingerprint density at radius 3 is 2.44 bits per heavy atom. The molecule has 1 saturated heterocycles. The lowest BCUT2D eigenvalue weighted by molar-refractivity contribution is -0.163. The number of benzene rings is 2. The zero-order valence-corrected chi connectivity index (χ0v) is 23.7. The van der Waals surface area contributed by atoms with E-state index < -0.39 is 0 Å². The number of hydrogen-bond acceptors (Lipinski definition) is 6. The second kappa shape index (κ2) is 13.7. The molecule has 1 atom stereocenters. The molecule has 0 amide bonds. The van der Waals surface area contributed by atoms with Crippen LogP contribution < -0.4 is 9.47 Å². The van der Waals surface area contributed by atoms with Gasteiger partial charge in [0, 0.05) is 49.9 Å². The Hall–Kier alpha value is -2.58. The van der Waals surface area contributed by atoms with Gasteiger partial charge in [0.1, 0.15) is 11.5 Å². The van der Waals surface area contributed by atoms with E-state index in [1.807, 2.05) is 12.1 Å². The summed E-state index contributed by atoms with van der Waals surface area (Å²) in [4.78, 5) is 0. The van der Waals surface area contributed by atoms with Crippen LogP contribution in [0.5, 0.6) is 11.5 Å². The van der Waals surface area contributed by atoms with Crippen molar-refractivity contribution in [2.24, 2.45) is 0 Å². The minimum absolute atomic E-state index is 0.110. The van der Waals surface area contributed by atoms with Crippen molar-refractivity contribution in [1.82, 2.24) is 4.57 Å². The van der Waals surface area contributed by atoms with Gasteiger partial charge in [0.25, 0.3) is 0 Å². The van der Waals surface area contributed by atoms with Gasteiger partial charge >= 0.3 is 0 Å². The van der Waals surface area contributed by atoms with Gasteiger partial charge in [-0.15, -0.1) is 0 Å². The lowest BCUT2D eigenvalue weighted by Crippen LogP contribution is -2.24. The van der Waals surface area contributed by atoms with Crippen LogP contribution >= 0.6 is 0 Å². The molecule has 1 aliphatic carbocycles. The van der Waals surface area contributed by atoms with Gasteiger partial charge in [-0.25, -0.2) is 0 Å². The highest BCUT2D eigenvalue weighted by Gasteiger charge is 2.28. The molecule has 1 unspecified atom stereocenters. The molecular weight excluding hydrogens is 494 g/mol. The van der Waals surface area contributed by atoms with E-state index in [1.54, 1.807) is 14.2 Å². The van der Waals surface area contributed by atoms with E-state index in [0.717, 1.165) is 43.7 Å². The van der Waals surface area contributed by atoms with Crippen LogP contribution in [-0.4, -0.2) is 51.9 Å². The van der Waals surface area contributed by atoms with Crippen molar-refractivity contribution < 1.29 is 28.4 Å². The van der Waals surface area contributed by atoms with E-state index in [2.05, 4.69) is 35.8 Å². The van der Waals surface area contributed by atoms with Gasteiger partial charge < -0.3 is 33.0 Å². The zero-order chi connectivity index (χ0) is 27.0. The number of rotatable bonds is 12. The second-order valence-corrected chi connectivity index (χ2v) is 10.7. The second-order valence-electron chi connectivity index (χ2n) is 10.7. The van der Waals surface area contributed by atoms with Crippen molar-refractivity contribution >= 4 is 10.9 Å². The monoisotopic (exact) mass is 537 g/mol. The number of fused-ring (bicyclic) bond motifs is 1. The third-order valence-electron chi connectivity index (χ3n) is 7.91. The third kappa shape index (κ3) is 6.60. The molecule has 5 rings (SSSR count). The van der Waals surface area contributed by atoms with Gasteiger partial charge in [-0.2, -0.15) is 0 Å². The quantitative estimate of drug-likeness (QED) is 0.228. The fourth-order valence-corrected chi connectivity index (χ4v) is 6.09. The summed E-state index contributed by atoms with van der Waals surface area (Å²) in [6.07, 6.45) is 9.38. The minimum Gasteiger partial charge on any atom is -0.467 e. The molecule has 0 spiro atoms. The Morgan fingerprint density at radius 1 is 0.872 bits per heavy atom. The topological polar surface area (TPSA) is 60.3 Å². The lowest BCUT2D eigenvalue weighted by atomic mass is 9.81. The fourth-order valence-electron chi connectivity index (χ4n) is 6.09. The highest BCUT2D eigenvalue weighted by molar-refractivity contribution is 5.94. The number of hydrogen-bond donors (Lipinski definition) is 0. The molecule has 2 fully saturated rings. The number of ether oxygens (including phenoxy) is 6. The maximum absolute atomic E-state index is 6.24. The van der Waals surface area contributed by atoms with Crippen LogP contribution in [0, 0.1) is 6.92 Å². The normalized spacial score (nSPS) is 18.5. The summed E-state index contributed by atoms with van der Waals surface area (Å²) < 4.78 is 36.9. The van der Waals surface area contributed by atoms with Gasteiger partial charge in [-0.1, -0.05) is 31.4 Å². The molecule has 0 radical (unpaired) electrons. The minimum atomic E-state index is -0.110. The van der Waals surface area contributed by atoms with Crippen molar-refractivity contribution in [3.8, 4) is 22.8 Å². The van der Waals surface area contributed by atoms with Gasteiger partial charge in [-0.3, -0.25) is 0 Å². The van der Waals surface area contributed by atoms with Crippen molar-refractivity contribution in [2.45, 2.75) is 77.0 Å². The largest absolute Gasteiger partial charge is 0.467 e. The lowest BCUT2D eigenvalue weighted by Gasteiger charge is -2.25. The van der Waals surface area contributed by atoms with Crippen molar-refractivity contribution in [3.63, 3.8) is 0 Å². The molecule has 212 valence electrons. The molecule has 39 heavy (non-hydrogen) atoms. The fraction of sp³-hybridized carbons (Fsp3) is 0.562. The molecule has 3 aromatic rings. The van der Waals surface area contributed by atoms with Gasteiger partial charge in [0.2, 0.25) is 0 Å². The van der Waals surface area contributed by atoms with Crippen LogP contribution in [0.1, 0.15) is 68.4 Å². The molecule has 1 aromatic heterocycles. The highest BCUT2D eigenvalue weighted by atomic mass is 16.7. The first-order valence-corrected chi connectivity index (χ1v) is 14.4. The summed E-state index contributed by atoms with van der Waals surface area (Å²) >= 11 is 0. The van der Waals surface area contributed by atoms with Gasteiger partial charge in [0.15, 0.2) is 19.9 Å². The van der Waals surface area contributed by atoms with Crippen LogP contribution in [0.2, 0.25) is 0 Å². The first-order valence-electron chi connectivity index (χ1n) is 14.4. The molecule has 1 saturated carbocycles. The highest BCUT2D eigenvalue weighted by Crippen LogP contribution is 2.47. The molecule has 0 bridgehead atoms. The van der Waals surface area contributed by atoms with Crippen LogP contribution in [0.15, 0.2) is 36.4 Å². The predicted octanol–water partition coefficient (Wildman–Crippen LogP) is 7.17. The summed E-state index contributed by atoms with van der Waals surface area (Å²) in [5.74, 6) is 1.93.